The molecule has 1 fully saturated rings. The smallest absolute Gasteiger partial charge is 0.262 e. The summed E-state index contributed by atoms with van der Waals surface area (Å²) in [5.74, 6) is 1.42. The highest BCUT2D eigenvalue weighted by atomic mass is 32.2. The number of amides is 1. The second kappa shape index (κ2) is 9.48. The van der Waals surface area contributed by atoms with Gasteiger partial charge < -0.3 is 10.1 Å². The van der Waals surface area contributed by atoms with Crippen LogP contribution in [0, 0.1) is 0 Å². The molecule has 0 saturated carbocycles. The minimum Gasteiger partial charge on any atom is -0.479 e. The molecule has 1 unspecified atom stereocenters. The number of benzene rings is 2. The summed E-state index contributed by atoms with van der Waals surface area (Å²) in [6, 6.07) is 16.4. The second-order valence-electron chi connectivity index (χ2n) is 7.54. The van der Waals surface area contributed by atoms with Crippen LogP contribution in [0.2, 0.25) is 0 Å². The molecule has 1 N–H and O–H groups in total. The van der Waals surface area contributed by atoms with Gasteiger partial charge in [-0.3, -0.25) is 9.69 Å². The van der Waals surface area contributed by atoms with E-state index in [0.29, 0.717) is 12.3 Å². The SMILES string of the molecule is O=C(NCc1ccccc1CN1CCCCCC1)C1CSc2ccccc2O1. The summed E-state index contributed by atoms with van der Waals surface area (Å²) in [6.07, 6.45) is 4.83. The molecule has 1 saturated heterocycles. The molecule has 2 aliphatic rings. The largest absolute Gasteiger partial charge is 0.479 e. The third-order valence-corrected chi connectivity index (χ3v) is 6.58. The fourth-order valence-corrected chi connectivity index (χ4v) is 4.85. The van der Waals surface area contributed by atoms with Gasteiger partial charge in [-0.1, -0.05) is 49.2 Å². The van der Waals surface area contributed by atoms with Crippen molar-refractivity contribution in [3.05, 3.63) is 59.7 Å². The molecule has 4 nitrogen and oxygen atoms in total. The molecular formula is C23H28N2O2S. The molecule has 2 aromatic carbocycles. The second-order valence-corrected chi connectivity index (χ2v) is 8.60. The number of hydrogen-bond acceptors (Lipinski definition) is 4. The monoisotopic (exact) mass is 396 g/mol. The Kier molecular flexibility index (Phi) is 6.55. The van der Waals surface area contributed by atoms with Crippen LogP contribution in [-0.4, -0.2) is 35.8 Å². The Morgan fingerprint density at radius 2 is 1.71 bits per heavy atom. The minimum atomic E-state index is -0.433. The van der Waals surface area contributed by atoms with Gasteiger partial charge in [0.1, 0.15) is 5.75 Å². The maximum absolute atomic E-state index is 12.7. The summed E-state index contributed by atoms with van der Waals surface area (Å²) in [6.45, 7) is 3.87. The minimum absolute atomic E-state index is 0.0356. The van der Waals surface area contributed by atoms with Gasteiger partial charge in [0.15, 0.2) is 6.10 Å². The Balaban J connectivity index is 1.35. The lowest BCUT2D eigenvalue weighted by molar-refractivity contribution is -0.127. The Labute approximate surface area is 171 Å². The van der Waals surface area contributed by atoms with E-state index in [-0.39, 0.29) is 5.91 Å². The Morgan fingerprint density at radius 3 is 2.54 bits per heavy atom. The predicted octanol–water partition coefficient (Wildman–Crippen LogP) is 4.23. The van der Waals surface area contributed by atoms with E-state index in [9.17, 15) is 4.79 Å². The molecule has 0 spiro atoms. The van der Waals surface area contributed by atoms with Crippen molar-refractivity contribution in [3.8, 4) is 5.75 Å². The zero-order chi connectivity index (χ0) is 19.2. The van der Waals surface area contributed by atoms with Gasteiger partial charge in [-0.15, -0.1) is 11.8 Å². The molecule has 0 bridgehead atoms. The number of nitrogens with zero attached hydrogens (tertiary/aromatic N) is 1. The third kappa shape index (κ3) is 4.89. The zero-order valence-electron chi connectivity index (χ0n) is 16.2. The van der Waals surface area contributed by atoms with Gasteiger partial charge >= 0.3 is 0 Å². The number of ether oxygens (including phenoxy) is 1. The summed E-state index contributed by atoms with van der Waals surface area (Å²) in [5, 5.41) is 3.09. The van der Waals surface area contributed by atoms with Crippen molar-refractivity contribution in [1.29, 1.82) is 0 Å². The molecule has 2 heterocycles. The van der Waals surface area contributed by atoms with Crippen LogP contribution in [0.1, 0.15) is 36.8 Å². The first-order valence-corrected chi connectivity index (χ1v) is 11.2. The molecular weight excluding hydrogens is 368 g/mol. The van der Waals surface area contributed by atoms with Crippen molar-refractivity contribution in [2.24, 2.45) is 0 Å². The standard InChI is InChI=1S/C23H28N2O2S/c26-23(21-17-28-22-12-6-5-11-20(22)27-21)24-15-18-9-3-4-10-19(18)16-25-13-7-1-2-8-14-25/h3-6,9-12,21H,1-2,7-8,13-17H2,(H,24,26). The van der Waals surface area contributed by atoms with Crippen LogP contribution in [0.3, 0.4) is 0 Å². The highest BCUT2D eigenvalue weighted by Crippen LogP contribution is 2.34. The fourth-order valence-electron chi connectivity index (χ4n) is 3.86. The van der Waals surface area contributed by atoms with E-state index < -0.39 is 6.10 Å². The number of rotatable bonds is 5. The first-order chi connectivity index (χ1) is 13.8. The number of carbonyl (C=O) groups is 1. The molecule has 0 radical (unpaired) electrons. The van der Waals surface area contributed by atoms with Crippen LogP contribution in [0.25, 0.3) is 0 Å². The number of para-hydroxylation sites is 1. The Hall–Kier alpha value is -1.98. The van der Waals surface area contributed by atoms with E-state index in [1.165, 1.54) is 49.9 Å². The number of likely N-dealkylation sites (tertiary alicyclic amines) is 1. The van der Waals surface area contributed by atoms with Gasteiger partial charge in [-0.2, -0.15) is 0 Å². The average molecular weight is 397 g/mol. The number of carbonyl (C=O) groups excluding carboxylic acids is 1. The van der Waals surface area contributed by atoms with Crippen LogP contribution in [0.15, 0.2) is 53.4 Å². The number of thioether (sulfide) groups is 1. The lowest BCUT2D eigenvalue weighted by Crippen LogP contribution is -2.41. The summed E-state index contributed by atoms with van der Waals surface area (Å²) < 4.78 is 5.91. The normalized spacial score (nSPS) is 19.9. The molecule has 0 aliphatic carbocycles. The van der Waals surface area contributed by atoms with E-state index in [1.807, 2.05) is 24.3 Å². The van der Waals surface area contributed by atoms with E-state index in [0.717, 1.165) is 17.2 Å². The highest BCUT2D eigenvalue weighted by Gasteiger charge is 2.26. The molecule has 28 heavy (non-hydrogen) atoms. The summed E-state index contributed by atoms with van der Waals surface area (Å²) in [7, 11) is 0. The maximum atomic E-state index is 12.7. The van der Waals surface area contributed by atoms with Gasteiger partial charge in [0.05, 0.1) is 0 Å². The van der Waals surface area contributed by atoms with Crippen molar-refractivity contribution in [1.82, 2.24) is 10.2 Å². The third-order valence-electron chi connectivity index (χ3n) is 5.47. The van der Waals surface area contributed by atoms with Crippen molar-refractivity contribution >= 4 is 17.7 Å². The van der Waals surface area contributed by atoms with Gasteiger partial charge in [0.25, 0.3) is 5.91 Å². The van der Waals surface area contributed by atoms with Gasteiger partial charge in [-0.05, 0) is 49.2 Å². The first kappa shape index (κ1) is 19.3. The Morgan fingerprint density at radius 1 is 1.00 bits per heavy atom. The lowest BCUT2D eigenvalue weighted by atomic mass is 10.1. The summed E-state index contributed by atoms with van der Waals surface area (Å²) in [5.41, 5.74) is 2.51. The van der Waals surface area contributed by atoms with Crippen molar-refractivity contribution in [2.75, 3.05) is 18.8 Å². The zero-order valence-corrected chi connectivity index (χ0v) is 17.0. The molecule has 1 amide bonds. The molecule has 5 heteroatoms. The van der Waals surface area contributed by atoms with Crippen molar-refractivity contribution in [2.45, 2.75) is 49.8 Å². The number of hydrogen-bond donors (Lipinski definition) is 1. The van der Waals surface area contributed by atoms with E-state index in [2.05, 4.69) is 34.5 Å². The molecule has 4 rings (SSSR count). The summed E-state index contributed by atoms with van der Waals surface area (Å²) >= 11 is 1.68. The highest BCUT2D eigenvalue weighted by molar-refractivity contribution is 7.99. The fraction of sp³-hybridized carbons (Fsp3) is 0.435. The van der Waals surface area contributed by atoms with Crippen LogP contribution in [0.4, 0.5) is 0 Å². The van der Waals surface area contributed by atoms with Gasteiger partial charge in [0.2, 0.25) is 0 Å². The van der Waals surface area contributed by atoms with Crippen LogP contribution in [0.5, 0.6) is 5.75 Å². The first-order valence-electron chi connectivity index (χ1n) is 10.2. The van der Waals surface area contributed by atoms with Crippen LogP contribution >= 0.6 is 11.8 Å². The van der Waals surface area contributed by atoms with Gasteiger partial charge in [0, 0.05) is 23.7 Å². The van der Waals surface area contributed by atoms with Crippen molar-refractivity contribution in [3.63, 3.8) is 0 Å². The molecule has 2 aliphatic heterocycles. The van der Waals surface area contributed by atoms with Crippen LogP contribution < -0.4 is 10.1 Å². The van der Waals surface area contributed by atoms with E-state index >= 15 is 0 Å². The molecule has 1 atom stereocenters. The maximum Gasteiger partial charge on any atom is 0.262 e. The predicted molar refractivity (Wildman–Crippen MR) is 114 cm³/mol. The molecule has 0 aromatic heterocycles. The Bertz CT molecular complexity index is 803. The van der Waals surface area contributed by atoms with E-state index in [4.69, 9.17) is 4.74 Å². The van der Waals surface area contributed by atoms with Crippen LogP contribution in [-0.2, 0) is 17.9 Å². The topological polar surface area (TPSA) is 41.6 Å². The quantitative estimate of drug-likeness (QED) is 0.821. The average Bonchev–Trinajstić information content (AvgIpc) is 3.01. The molecule has 2 aromatic rings. The lowest BCUT2D eigenvalue weighted by Gasteiger charge is -2.25. The van der Waals surface area contributed by atoms with Crippen molar-refractivity contribution < 1.29 is 9.53 Å². The molecule has 148 valence electrons. The number of nitrogens with one attached hydrogen (secondary N) is 1. The summed E-state index contributed by atoms with van der Waals surface area (Å²) in [4.78, 5) is 16.3. The van der Waals surface area contributed by atoms with E-state index in [1.54, 1.807) is 11.8 Å². The number of fused-ring (bicyclic) bond motifs is 1. The van der Waals surface area contributed by atoms with Gasteiger partial charge in [-0.25, -0.2) is 0 Å².